The van der Waals surface area contributed by atoms with E-state index in [1.165, 1.54) is 4.90 Å². The fourth-order valence-corrected chi connectivity index (χ4v) is 3.20. The van der Waals surface area contributed by atoms with Gasteiger partial charge in [-0.05, 0) is 18.9 Å². The molecule has 1 saturated heterocycles. The lowest BCUT2D eigenvalue weighted by Crippen LogP contribution is -2.39. The Morgan fingerprint density at radius 3 is 2.90 bits per heavy atom. The maximum Gasteiger partial charge on any atom is 0.242 e. The van der Waals surface area contributed by atoms with Gasteiger partial charge in [0.05, 0.1) is 11.8 Å². The first-order valence-corrected chi connectivity index (χ1v) is 7.12. The molecule has 1 aromatic rings. The van der Waals surface area contributed by atoms with E-state index < -0.39 is 0 Å². The van der Waals surface area contributed by atoms with E-state index in [4.69, 9.17) is 4.84 Å². The molecular formula is C16H14N2O3. The third-order valence-corrected chi connectivity index (χ3v) is 4.29. The second-order valence-electron chi connectivity index (χ2n) is 5.53. The molecule has 21 heavy (non-hydrogen) atoms. The van der Waals surface area contributed by atoms with Crippen molar-refractivity contribution in [2.24, 2.45) is 17.0 Å². The SMILES string of the molecule is O=C1C2C=CCCC2C(=O)N1C1=NOc2ccccc2C1. The van der Waals surface area contributed by atoms with Crippen molar-refractivity contribution in [3.8, 4) is 5.75 Å². The van der Waals surface area contributed by atoms with Crippen LogP contribution < -0.4 is 4.84 Å². The van der Waals surface area contributed by atoms with Crippen LogP contribution >= 0.6 is 0 Å². The van der Waals surface area contributed by atoms with Crippen molar-refractivity contribution >= 4 is 17.6 Å². The van der Waals surface area contributed by atoms with Crippen molar-refractivity contribution in [2.75, 3.05) is 0 Å². The standard InChI is InChI=1S/C16H14N2O3/c19-15-11-6-2-3-7-12(11)16(20)18(15)14-9-10-5-1-4-8-13(10)21-17-14/h1-2,4-6,8,11-12H,3,7,9H2. The van der Waals surface area contributed by atoms with Crippen molar-refractivity contribution in [1.29, 1.82) is 0 Å². The lowest BCUT2D eigenvalue weighted by Gasteiger charge is -2.21. The molecule has 1 fully saturated rings. The van der Waals surface area contributed by atoms with Gasteiger partial charge in [0.2, 0.25) is 11.8 Å². The van der Waals surface area contributed by atoms with Gasteiger partial charge in [-0.2, -0.15) is 0 Å². The Bertz CT molecular complexity index is 693. The summed E-state index contributed by atoms with van der Waals surface area (Å²) in [5, 5.41) is 3.99. The number of benzene rings is 1. The Labute approximate surface area is 121 Å². The van der Waals surface area contributed by atoms with E-state index >= 15 is 0 Å². The van der Waals surface area contributed by atoms with E-state index in [-0.39, 0.29) is 23.7 Å². The highest BCUT2D eigenvalue weighted by molar-refractivity contribution is 6.19. The summed E-state index contributed by atoms with van der Waals surface area (Å²) < 4.78 is 0. The normalized spacial score (nSPS) is 27.0. The molecule has 2 amide bonds. The van der Waals surface area contributed by atoms with Crippen LogP contribution in [0, 0.1) is 11.8 Å². The number of likely N-dealkylation sites (tertiary alicyclic amines) is 1. The molecular weight excluding hydrogens is 268 g/mol. The van der Waals surface area contributed by atoms with Crippen LogP contribution in [-0.2, 0) is 16.0 Å². The number of allylic oxidation sites excluding steroid dienone is 1. The van der Waals surface area contributed by atoms with E-state index in [9.17, 15) is 9.59 Å². The van der Waals surface area contributed by atoms with Crippen molar-refractivity contribution in [3.05, 3.63) is 42.0 Å². The number of hydrogen-bond acceptors (Lipinski definition) is 4. The van der Waals surface area contributed by atoms with Gasteiger partial charge in [-0.3, -0.25) is 9.59 Å². The minimum absolute atomic E-state index is 0.143. The number of fused-ring (bicyclic) bond motifs is 2. The molecule has 5 heteroatoms. The molecule has 2 unspecified atom stereocenters. The number of oxime groups is 1. The maximum absolute atomic E-state index is 12.5. The van der Waals surface area contributed by atoms with Crippen LogP contribution in [0.2, 0.25) is 0 Å². The predicted molar refractivity (Wildman–Crippen MR) is 75.4 cm³/mol. The van der Waals surface area contributed by atoms with Crippen LogP contribution in [-0.4, -0.2) is 22.5 Å². The minimum atomic E-state index is -0.328. The summed E-state index contributed by atoms with van der Waals surface area (Å²) in [4.78, 5) is 31.5. The molecule has 5 nitrogen and oxygen atoms in total. The Morgan fingerprint density at radius 2 is 2.05 bits per heavy atom. The number of amides is 2. The van der Waals surface area contributed by atoms with Gasteiger partial charge in [0.1, 0.15) is 0 Å². The highest BCUT2D eigenvalue weighted by Crippen LogP contribution is 2.36. The summed E-state index contributed by atoms with van der Waals surface area (Å²) in [7, 11) is 0. The minimum Gasteiger partial charge on any atom is -0.355 e. The summed E-state index contributed by atoms with van der Waals surface area (Å²) in [5.74, 6) is 0.191. The number of para-hydroxylation sites is 1. The Morgan fingerprint density at radius 1 is 1.19 bits per heavy atom. The summed E-state index contributed by atoms with van der Waals surface area (Å²) in [6.07, 6.45) is 5.85. The molecule has 0 bridgehead atoms. The fourth-order valence-electron chi connectivity index (χ4n) is 3.20. The summed E-state index contributed by atoms with van der Waals surface area (Å²) in [6, 6.07) is 7.51. The molecule has 0 radical (unpaired) electrons. The molecule has 2 heterocycles. The van der Waals surface area contributed by atoms with Crippen LogP contribution in [0.4, 0.5) is 0 Å². The smallest absolute Gasteiger partial charge is 0.242 e. The molecule has 3 aliphatic rings. The number of carbonyl (C=O) groups is 2. The van der Waals surface area contributed by atoms with Crippen molar-refractivity contribution in [2.45, 2.75) is 19.3 Å². The van der Waals surface area contributed by atoms with Gasteiger partial charge >= 0.3 is 0 Å². The molecule has 4 rings (SSSR count). The molecule has 0 N–H and O–H groups in total. The lowest BCUT2D eigenvalue weighted by molar-refractivity contribution is -0.135. The topological polar surface area (TPSA) is 59.0 Å². The number of carbonyl (C=O) groups excluding carboxylic acids is 2. The van der Waals surface area contributed by atoms with Gasteiger partial charge in [0.25, 0.3) is 0 Å². The number of nitrogens with zero attached hydrogens (tertiary/aromatic N) is 2. The number of hydrogen-bond donors (Lipinski definition) is 0. The molecule has 1 aromatic carbocycles. The third kappa shape index (κ3) is 1.81. The summed E-state index contributed by atoms with van der Waals surface area (Å²) in [6.45, 7) is 0. The van der Waals surface area contributed by atoms with Crippen molar-refractivity contribution < 1.29 is 14.4 Å². The lowest BCUT2D eigenvalue weighted by atomic mass is 9.86. The maximum atomic E-state index is 12.5. The molecule has 0 aromatic heterocycles. The van der Waals surface area contributed by atoms with Gasteiger partial charge in [0, 0.05) is 12.0 Å². The van der Waals surface area contributed by atoms with E-state index in [1.807, 2.05) is 36.4 Å². The summed E-state index contributed by atoms with van der Waals surface area (Å²) in [5.41, 5.74) is 0.938. The average Bonchev–Trinajstić information content (AvgIpc) is 2.79. The Kier molecular flexibility index (Phi) is 2.67. The third-order valence-electron chi connectivity index (χ3n) is 4.29. The van der Waals surface area contributed by atoms with Crippen LogP contribution in [0.3, 0.4) is 0 Å². The molecule has 0 spiro atoms. The predicted octanol–water partition coefficient (Wildman–Crippen LogP) is 1.89. The van der Waals surface area contributed by atoms with E-state index in [1.54, 1.807) is 0 Å². The van der Waals surface area contributed by atoms with Gasteiger partial charge in [-0.1, -0.05) is 35.5 Å². The first kappa shape index (κ1) is 12.3. The van der Waals surface area contributed by atoms with Gasteiger partial charge in [0.15, 0.2) is 11.6 Å². The highest BCUT2D eigenvalue weighted by atomic mass is 16.6. The monoisotopic (exact) mass is 282 g/mol. The van der Waals surface area contributed by atoms with E-state index in [0.29, 0.717) is 18.0 Å². The number of imide groups is 1. The molecule has 106 valence electrons. The van der Waals surface area contributed by atoms with E-state index in [2.05, 4.69) is 5.16 Å². The zero-order chi connectivity index (χ0) is 14.4. The first-order chi connectivity index (χ1) is 10.3. The van der Waals surface area contributed by atoms with Gasteiger partial charge < -0.3 is 4.84 Å². The van der Waals surface area contributed by atoms with E-state index in [0.717, 1.165) is 18.4 Å². The van der Waals surface area contributed by atoms with Gasteiger partial charge in [-0.15, -0.1) is 0 Å². The molecule has 2 aliphatic heterocycles. The number of rotatable bonds is 0. The quantitative estimate of drug-likeness (QED) is 0.539. The average molecular weight is 282 g/mol. The first-order valence-electron chi connectivity index (χ1n) is 7.12. The molecule has 0 saturated carbocycles. The van der Waals surface area contributed by atoms with Crippen LogP contribution in [0.1, 0.15) is 18.4 Å². The fraction of sp³-hybridized carbons (Fsp3) is 0.312. The van der Waals surface area contributed by atoms with Crippen molar-refractivity contribution in [3.63, 3.8) is 0 Å². The largest absolute Gasteiger partial charge is 0.355 e. The molecule has 1 aliphatic carbocycles. The Balaban J connectivity index is 1.66. The van der Waals surface area contributed by atoms with Crippen molar-refractivity contribution in [1.82, 2.24) is 4.90 Å². The zero-order valence-corrected chi connectivity index (χ0v) is 11.4. The van der Waals surface area contributed by atoms with Crippen LogP contribution in [0.5, 0.6) is 5.75 Å². The Hall–Kier alpha value is -2.43. The second kappa shape index (κ2) is 4.55. The summed E-state index contributed by atoms with van der Waals surface area (Å²) >= 11 is 0. The highest BCUT2D eigenvalue weighted by Gasteiger charge is 2.49. The van der Waals surface area contributed by atoms with Crippen LogP contribution in [0.25, 0.3) is 0 Å². The zero-order valence-electron chi connectivity index (χ0n) is 11.4. The van der Waals surface area contributed by atoms with Crippen LogP contribution in [0.15, 0.2) is 41.6 Å². The van der Waals surface area contributed by atoms with Gasteiger partial charge in [-0.25, -0.2) is 4.90 Å². The molecule has 2 atom stereocenters. The number of amidine groups is 1. The second-order valence-corrected chi connectivity index (χ2v) is 5.53.